The molecule has 0 radical (unpaired) electrons. The van der Waals surface area contributed by atoms with Gasteiger partial charge in [-0.3, -0.25) is 4.79 Å². The van der Waals surface area contributed by atoms with Gasteiger partial charge in [0.2, 0.25) is 0 Å². The second kappa shape index (κ2) is 7.07. The molecule has 2 aromatic heterocycles. The number of benzene rings is 1. The lowest BCUT2D eigenvalue weighted by molar-refractivity contribution is 0.0963. The first-order valence-corrected chi connectivity index (χ1v) is 9.01. The average Bonchev–Trinajstić information content (AvgIpc) is 3.18. The zero-order valence-corrected chi connectivity index (χ0v) is 14.8. The molecule has 134 valence electrons. The predicted molar refractivity (Wildman–Crippen MR) is 105 cm³/mol. The monoisotopic (exact) mass is 349 g/mol. The summed E-state index contributed by atoms with van der Waals surface area (Å²) in [5.74, 6) is -0.121. The highest BCUT2D eigenvalue weighted by Crippen LogP contribution is 2.28. The number of anilines is 2. The van der Waals surface area contributed by atoms with Gasteiger partial charge in [-0.15, -0.1) is 0 Å². The van der Waals surface area contributed by atoms with E-state index in [2.05, 4.69) is 49.8 Å². The predicted octanol–water partition coefficient (Wildman–Crippen LogP) is 3.00. The molecule has 0 unspecified atom stereocenters. The second-order valence-electron chi connectivity index (χ2n) is 6.61. The number of nitrogens with zero attached hydrogens (tertiary/aromatic N) is 2. The number of aromatic nitrogens is 2. The van der Waals surface area contributed by atoms with Crippen LogP contribution in [0.3, 0.4) is 0 Å². The summed E-state index contributed by atoms with van der Waals surface area (Å²) in [5.41, 5.74) is 3.52. The van der Waals surface area contributed by atoms with Gasteiger partial charge in [-0.1, -0.05) is 18.2 Å². The molecule has 1 aliphatic heterocycles. The topological polar surface area (TPSA) is 73.0 Å². The Labute approximate surface area is 152 Å². The number of amides is 1. The number of piperidine rings is 1. The van der Waals surface area contributed by atoms with Crippen LogP contribution in [0.5, 0.6) is 0 Å². The Morgan fingerprint density at radius 2 is 1.96 bits per heavy atom. The Morgan fingerprint density at radius 3 is 2.69 bits per heavy atom. The van der Waals surface area contributed by atoms with Crippen LogP contribution in [0.1, 0.15) is 23.2 Å². The molecule has 0 atom stereocenters. The van der Waals surface area contributed by atoms with Gasteiger partial charge in [0, 0.05) is 49.6 Å². The minimum Gasteiger partial charge on any atom is -0.381 e. The molecule has 0 aliphatic carbocycles. The number of aromatic amines is 1. The Balaban J connectivity index is 1.53. The molecule has 6 nitrogen and oxygen atoms in total. The number of hydrogen-bond acceptors (Lipinski definition) is 4. The highest BCUT2D eigenvalue weighted by Gasteiger charge is 2.22. The summed E-state index contributed by atoms with van der Waals surface area (Å²) >= 11 is 0. The number of pyridine rings is 1. The fraction of sp³-hybridized carbons (Fsp3) is 0.300. The smallest absolute Gasteiger partial charge is 0.254 e. The highest BCUT2D eigenvalue weighted by atomic mass is 16.1. The molecule has 1 aliphatic rings. The Hall–Kier alpha value is -3.02. The van der Waals surface area contributed by atoms with Crippen molar-refractivity contribution in [3.8, 4) is 0 Å². The largest absolute Gasteiger partial charge is 0.381 e. The number of hydrogen-bond donors (Lipinski definition) is 3. The number of fused-ring (bicyclic) bond motifs is 1. The molecule has 0 saturated carbocycles. The van der Waals surface area contributed by atoms with E-state index in [1.54, 1.807) is 13.2 Å². The summed E-state index contributed by atoms with van der Waals surface area (Å²) < 4.78 is 0. The molecule has 1 aromatic carbocycles. The summed E-state index contributed by atoms with van der Waals surface area (Å²) in [6.45, 7) is 2.00. The second-order valence-corrected chi connectivity index (χ2v) is 6.61. The number of carbonyl (C=O) groups excluding carboxylic acids is 1. The number of nitrogens with one attached hydrogen (secondary N) is 3. The van der Waals surface area contributed by atoms with E-state index < -0.39 is 0 Å². The third-order valence-electron chi connectivity index (χ3n) is 5.02. The number of carbonyl (C=O) groups is 1. The number of rotatable bonds is 4. The molecule has 1 saturated heterocycles. The van der Waals surface area contributed by atoms with Crippen molar-refractivity contribution in [1.29, 1.82) is 0 Å². The zero-order valence-electron chi connectivity index (χ0n) is 14.8. The van der Waals surface area contributed by atoms with Crippen LogP contribution in [0.2, 0.25) is 0 Å². The summed E-state index contributed by atoms with van der Waals surface area (Å²) in [4.78, 5) is 22.2. The molecular formula is C20H23N5O. The van der Waals surface area contributed by atoms with E-state index in [0.29, 0.717) is 11.6 Å². The maximum Gasteiger partial charge on any atom is 0.254 e. The molecule has 1 amide bonds. The van der Waals surface area contributed by atoms with Crippen LogP contribution < -0.4 is 15.5 Å². The van der Waals surface area contributed by atoms with Crippen LogP contribution in [0.25, 0.3) is 11.0 Å². The molecule has 3 N–H and O–H groups in total. The third kappa shape index (κ3) is 3.10. The molecule has 6 heteroatoms. The molecule has 1 fully saturated rings. The van der Waals surface area contributed by atoms with E-state index in [0.717, 1.165) is 42.7 Å². The van der Waals surface area contributed by atoms with Crippen LogP contribution in [0.15, 0.2) is 48.8 Å². The van der Waals surface area contributed by atoms with Crippen LogP contribution in [-0.2, 0) is 0 Å². The van der Waals surface area contributed by atoms with E-state index in [-0.39, 0.29) is 5.91 Å². The van der Waals surface area contributed by atoms with Crippen molar-refractivity contribution in [2.45, 2.75) is 18.9 Å². The molecule has 26 heavy (non-hydrogen) atoms. The fourth-order valence-corrected chi connectivity index (χ4v) is 3.60. The van der Waals surface area contributed by atoms with Crippen molar-refractivity contribution in [2.24, 2.45) is 0 Å². The van der Waals surface area contributed by atoms with Gasteiger partial charge < -0.3 is 20.5 Å². The van der Waals surface area contributed by atoms with Gasteiger partial charge in [0.05, 0.1) is 11.3 Å². The van der Waals surface area contributed by atoms with Crippen molar-refractivity contribution in [1.82, 2.24) is 15.3 Å². The van der Waals surface area contributed by atoms with Crippen molar-refractivity contribution >= 4 is 28.3 Å². The molecule has 0 spiro atoms. The third-order valence-corrected chi connectivity index (χ3v) is 5.02. The van der Waals surface area contributed by atoms with Crippen molar-refractivity contribution < 1.29 is 4.79 Å². The van der Waals surface area contributed by atoms with E-state index in [1.807, 2.05) is 18.3 Å². The normalized spacial score (nSPS) is 15.2. The van der Waals surface area contributed by atoms with E-state index in [4.69, 9.17) is 0 Å². The van der Waals surface area contributed by atoms with Gasteiger partial charge >= 0.3 is 0 Å². The maximum absolute atomic E-state index is 12.3. The SMILES string of the molecule is CNC(=O)c1cnc2[nH]ccc2c1NC1CCN(c2ccccc2)CC1. The first-order valence-electron chi connectivity index (χ1n) is 9.01. The van der Waals surface area contributed by atoms with Gasteiger partial charge in [-0.2, -0.15) is 0 Å². The van der Waals surface area contributed by atoms with Crippen LogP contribution in [-0.4, -0.2) is 42.1 Å². The van der Waals surface area contributed by atoms with Crippen LogP contribution >= 0.6 is 0 Å². The first kappa shape index (κ1) is 16.4. The molecule has 3 heterocycles. The Morgan fingerprint density at radius 1 is 1.19 bits per heavy atom. The first-order chi connectivity index (χ1) is 12.8. The number of H-pyrrole nitrogens is 1. The Bertz CT molecular complexity index is 897. The quantitative estimate of drug-likeness (QED) is 0.677. The summed E-state index contributed by atoms with van der Waals surface area (Å²) in [6.07, 6.45) is 5.54. The molecule has 4 rings (SSSR count). The lowest BCUT2D eigenvalue weighted by Crippen LogP contribution is -2.39. The minimum atomic E-state index is -0.121. The fourth-order valence-electron chi connectivity index (χ4n) is 3.60. The molecular weight excluding hydrogens is 326 g/mol. The minimum absolute atomic E-state index is 0.121. The number of para-hydroxylation sites is 1. The van der Waals surface area contributed by atoms with Crippen molar-refractivity contribution in [3.05, 3.63) is 54.4 Å². The summed E-state index contributed by atoms with van der Waals surface area (Å²) in [7, 11) is 1.64. The maximum atomic E-state index is 12.3. The Kier molecular flexibility index (Phi) is 4.48. The van der Waals surface area contributed by atoms with E-state index >= 15 is 0 Å². The van der Waals surface area contributed by atoms with Gasteiger partial charge in [0.1, 0.15) is 5.65 Å². The molecule has 3 aromatic rings. The van der Waals surface area contributed by atoms with Crippen molar-refractivity contribution in [2.75, 3.05) is 30.4 Å². The lowest BCUT2D eigenvalue weighted by Gasteiger charge is -2.34. The van der Waals surface area contributed by atoms with Crippen LogP contribution in [0, 0.1) is 0 Å². The summed E-state index contributed by atoms with van der Waals surface area (Å²) in [6, 6.07) is 12.8. The van der Waals surface area contributed by atoms with Gasteiger partial charge in [0.15, 0.2) is 0 Å². The van der Waals surface area contributed by atoms with Crippen molar-refractivity contribution in [3.63, 3.8) is 0 Å². The zero-order chi connectivity index (χ0) is 17.9. The van der Waals surface area contributed by atoms with E-state index in [1.165, 1.54) is 5.69 Å². The standard InChI is InChI=1S/C20H23N5O/c1-21-20(26)17-13-23-19-16(7-10-22-19)18(17)24-14-8-11-25(12-9-14)15-5-3-2-4-6-15/h2-7,10,13-14H,8-9,11-12H2,1H3,(H,21,26)(H2,22,23,24). The average molecular weight is 349 g/mol. The highest BCUT2D eigenvalue weighted by molar-refractivity contribution is 6.06. The summed E-state index contributed by atoms with van der Waals surface area (Å²) in [5, 5.41) is 7.28. The lowest BCUT2D eigenvalue weighted by atomic mass is 10.0. The van der Waals surface area contributed by atoms with Gasteiger partial charge in [-0.25, -0.2) is 4.98 Å². The molecule has 0 bridgehead atoms. The van der Waals surface area contributed by atoms with Crippen LogP contribution in [0.4, 0.5) is 11.4 Å². The van der Waals surface area contributed by atoms with Gasteiger partial charge in [-0.05, 0) is 31.0 Å². The van der Waals surface area contributed by atoms with E-state index in [9.17, 15) is 4.79 Å². The van der Waals surface area contributed by atoms with Gasteiger partial charge in [0.25, 0.3) is 5.91 Å².